The van der Waals surface area contributed by atoms with Crippen LogP contribution in [0.1, 0.15) is 19.4 Å². The molecule has 0 radical (unpaired) electrons. The fourth-order valence-electron chi connectivity index (χ4n) is 1.63. The van der Waals surface area contributed by atoms with Crippen molar-refractivity contribution in [3.63, 3.8) is 0 Å². The Labute approximate surface area is 90.9 Å². The van der Waals surface area contributed by atoms with Crippen LogP contribution >= 0.6 is 0 Å². The van der Waals surface area contributed by atoms with Crippen molar-refractivity contribution in [3.05, 3.63) is 35.9 Å². The molecule has 1 rings (SSSR count). The summed E-state index contributed by atoms with van der Waals surface area (Å²) in [6.07, 6.45) is 0.921. The van der Waals surface area contributed by atoms with E-state index in [0.717, 1.165) is 11.8 Å². The van der Waals surface area contributed by atoms with Gasteiger partial charge in [-0.05, 0) is 17.9 Å². The number of carbonyl (C=O) groups excluding carboxylic acids is 1. The average molecular weight is 206 g/mol. The van der Waals surface area contributed by atoms with E-state index in [0.29, 0.717) is 6.42 Å². The largest absolute Gasteiger partial charge is 0.392 e. The molecule has 0 bridgehead atoms. The third-order valence-corrected chi connectivity index (χ3v) is 2.61. The minimum atomic E-state index is -0.553. The summed E-state index contributed by atoms with van der Waals surface area (Å²) in [5.74, 6) is -0.184. The zero-order valence-corrected chi connectivity index (χ0v) is 9.26. The first-order valence-electron chi connectivity index (χ1n) is 5.32. The fourth-order valence-corrected chi connectivity index (χ4v) is 1.63. The normalized spacial score (nSPS) is 14.9. The average Bonchev–Trinajstić information content (AvgIpc) is 2.26. The molecule has 0 aliphatic heterocycles. The Bertz CT molecular complexity index is 293. The molecule has 2 atom stereocenters. The van der Waals surface area contributed by atoms with Gasteiger partial charge in [0.15, 0.2) is 0 Å². The minimum absolute atomic E-state index is 0.115. The van der Waals surface area contributed by atoms with Crippen molar-refractivity contribution in [2.75, 3.05) is 0 Å². The number of hydrogen-bond acceptors (Lipinski definition) is 2. The standard InChI is InChI=1S/C13H18O2/c1-10(2)13(15)12(9-14)8-11-6-4-3-5-7-11/h3-7,9-10,12-13,15H,8H2,1-2H3/t12-,13+/m0/s1. The van der Waals surface area contributed by atoms with Gasteiger partial charge in [0.1, 0.15) is 6.29 Å². The SMILES string of the molecule is CC(C)[C@@H](O)[C@H](C=O)Cc1ccccc1. The molecule has 1 N–H and O–H groups in total. The second-order valence-electron chi connectivity index (χ2n) is 4.22. The van der Waals surface area contributed by atoms with Crippen molar-refractivity contribution in [2.24, 2.45) is 11.8 Å². The van der Waals surface area contributed by atoms with Crippen molar-refractivity contribution < 1.29 is 9.90 Å². The summed E-state index contributed by atoms with van der Waals surface area (Å²) in [7, 11) is 0. The number of aliphatic hydroxyl groups excluding tert-OH is 1. The number of rotatable bonds is 5. The van der Waals surface area contributed by atoms with Gasteiger partial charge in [0.25, 0.3) is 0 Å². The van der Waals surface area contributed by atoms with E-state index in [1.807, 2.05) is 44.2 Å². The van der Waals surface area contributed by atoms with Crippen LogP contribution in [0, 0.1) is 11.8 Å². The van der Waals surface area contributed by atoms with E-state index in [9.17, 15) is 9.90 Å². The lowest BCUT2D eigenvalue weighted by atomic mass is 9.89. The van der Waals surface area contributed by atoms with E-state index >= 15 is 0 Å². The fraction of sp³-hybridized carbons (Fsp3) is 0.462. The van der Waals surface area contributed by atoms with E-state index in [1.165, 1.54) is 0 Å². The van der Waals surface area contributed by atoms with Crippen LogP contribution in [0.4, 0.5) is 0 Å². The van der Waals surface area contributed by atoms with Gasteiger partial charge in [-0.1, -0.05) is 44.2 Å². The summed E-state index contributed by atoms with van der Waals surface area (Å²) in [5.41, 5.74) is 1.09. The van der Waals surface area contributed by atoms with E-state index in [2.05, 4.69) is 0 Å². The molecule has 0 heterocycles. The molecule has 2 nitrogen and oxygen atoms in total. The smallest absolute Gasteiger partial charge is 0.125 e. The molecule has 0 aromatic heterocycles. The molecular formula is C13H18O2. The number of aldehydes is 1. The van der Waals surface area contributed by atoms with Gasteiger partial charge in [-0.25, -0.2) is 0 Å². The molecule has 1 aromatic rings. The molecule has 0 amide bonds. The molecule has 15 heavy (non-hydrogen) atoms. The summed E-state index contributed by atoms with van der Waals surface area (Å²) < 4.78 is 0. The predicted molar refractivity (Wildman–Crippen MR) is 60.5 cm³/mol. The highest BCUT2D eigenvalue weighted by atomic mass is 16.3. The Balaban J connectivity index is 2.66. The first-order chi connectivity index (χ1) is 7.15. The van der Waals surface area contributed by atoms with Crippen LogP contribution in [-0.4, -0.2) is 17.5 Å². The van der Waals surface area contributed by atoms with Crippen molar-refractivity contribution in [2.45, 2.75) is 26.4 Å². The molecule has 0 spiro atoms. The first kappa shape index (κ1) is 11.9. The number of carbonyl (C=O) groups is 1. The van der Waals surface area contributed by atoms with Gasteiger partial charge in [0.2, 0.25) is 0 Å². The van der Waals surface area contributed by atoms with Crippen LogP contribution in [0.5, 0.6) is 0 Å². The van der Waals surface area contributed by atoms with Gasteiger partial charge >= 0.3 is 0 Å². The Morgan fingerprint density at radius 2 is 1.87 bits per heavy atom. The second-order valence-corrected chi connectivity index (χ2v) is 4.22. The quantitative estimate of drug-likeness (QED) is 0.749. The van der Waals surface area contributed by atoms with Crippen LogP contribution in [0.15, 0.2) is 30.3 Å². The van der Waals surface area contributed by atoms with Crippen molar-refractivity contribution in [1.82, 2.24) is 0 Å². The maximum atomic E-state index is 10.9. The lowest BCUT2D eigenvalue weighted by Crippen LogP contribution is -2.28. The first-order valence-corrected chi connectivity index (χ1v) is 5.32. The topological polar surface area (TPSA) is 37.3 Å². The summed E-state index contributed by atoms with van der Waals surface area (Å²) in [4.78, 5) is 10.9. The molecule has 2 heteroatoms. The Kier molecular flexibility index (Phi) is 4.50. The van der Waals surface area contributed by atoms with Gasteiger partial charge in [-0.3, -0.25) is 0 Å². The Morgan fingerprint density at radius 1 is 1.27 bits per heavy atom. The third kappa shape index (κ3) is 3.48. The van der Waals surface area contributed by atoms with Crippen LogP contribution < -0.4 is 0 Å². The maximum absolute atomic E-state index is 10.9. The minimum Gasteiger partial charge on any atom is -0.392 e. The molecule has 82 valence electrons. The van der Waals surface area contributed by atoms with Gasteiger partial charge in [-0.2, -0.15) is 0 Å². The highest BCUT2D eigenvalue weighted by molar-refractivity contribution is 5.55. The molecular weight excluding hydrogens is 188 g/mol. The molecule has 0 aliphatic rings. The van der Waals surface area contributed by atoms with E-state index < -0.39 is 6.10 Å². The molecule has 0 saturated carbocycles. The maximum Gasteiger partial charge on any atom is 0.125 e. The van der Waals surface area contributed by atoms with Crippen LogP contribution in [0.3, 0.4) is 0 Å². The summed E-state index contributed by atoms with van der Waals surface area (Å²) in [5, 5.41) is 9.82. The van der Waals surface area contributed by atoms with Crippen molar-refractivity contribution >= 4 is 6.29 Å². The highest BCUT2D eigenvalue weighted by Gasteiger charge is 2.21. The monoisotopic (exact) mass is 206 g/mol. The van der Waals surface area contributed by atoms with Crippen molar-refractivity contribution in [1.29, 1.82) is 0 Å². The Hall–Kier alpha value is -1.15. The van der Waals surface area contributed by atoms with Crippen molar-refractivity contribution in [3.8, 4) is 0 Å². The predicted octanol–water partition coefficient (Wildman–Crippen LogP) is 2.06. The lowest BCUT2D eigenvalue weighted by Gasteiger charge is -2.20. The number of aliphatic hydroxyl groups is 1. The highest BCUT2D eigenvalue weighted by Crippen LogP contribution is 2.16. The molecule has 0 fully saturated rings. The summed E-state index contributed by atoms with van der Waals surface area (Å²) in [6.45, 7) is 3.85. The summed E-state index contributed by atoms with van der Waals surface area (Å²) in [6, 6.07) is 9.78. The zero-order chi connectivity index (χ0) is 11.3. The second kappa shape index (κ2) is 5.66. The zero-order valence-electron chi connectivity index (χ0n) is 9.26. The van der Waals surface area contributed by atoms with E-state index in [4.69, 9.17) is 0 Å². The number of benzene rings is 1. The van der Waals surface area contributed by atoms with Gasteiger partial charge in [0, 0.05) is 5.92 Å². The van der Waals surface area contributed by atoms with Crippen LogP contribution in [0.2, 0.25) is 0 Å². The third-order valence-electron chi connectivity index (χ3n) is 2.61. The van der Waals surface area contributed by atoms with Gasteiger partial charge in [0.05, 0.1) is 6.10 Å². The molecule has 0 unspecified atom stereocenters. The van der Waals surface area contributed by atoms with Gasteiger partial charge in [-0.15, -0.1) is 0 Å². The van der Waals surface area contributed by atoms with Crippen LogP contribution in [0.25, 0.3) is 0 Å². The lowest BCUT2D eigenvalue weighted by molar-refractivity contribution is -0.115. The molecule has 0 aliphatic carbocycles. The van der Waals surface area contributed by atoms with E-state index in [1.54, 1.807) is 0 Å². The molecule has 0 saturated heterocycles. The molecule has 1 aromatic carbocycles. The van der Waals surface area contributed by atoms with Gasteiger partial charge < -0.3 is 9.90 Å². The summed E-state index contributed by atoms with van der Waals surface area (Å²) >= 11 is 0. The van der Waals surface area contributed by atoms with E-state index in [-0.39, 0.29) is 11.8 Å². The Morgan fingerprint density at radius 3 is 2.33 bits per heavy atom. The number of hydrogen-bond donors (Lipinski definition) is 1. The van der Waals surface area contributed by atoms with Crippen LogP contribution in [-0.2, 0) is 11.2 Å².